The fourth-order valence-corrected chi connectivity index (χ4v) is 2.58. The molecule has 1 fully saturated rings. The molecule has 1 N–H and O–H groups in total. The molecule has 1 amide bonds. The van der Waals surface area contributed by atoms with Crippen LogP contribution in [-0.2, 0) is 0 Å². The van der Waals surface area contributed by atoms with Crippen molar-refractivity contribution in [2.24, 2.45) is 0 Å². The molecule has 0 spiro atoms. The van der Waals surface area contributed by atoms with Gasteiger partial charge in [0.2, 0.25) is 0 Å². The van der Waals surface area contributed by atoms with Crippen LogP contribution in [0.2, 0.25) is 0 Å². The minimum atomic E-state index is -0.331. The van der Waals surface area contributed by atoms with Crippen LogP contribution in [0.3, 0.4) is 0 Å². The van der Waals surface area contributed by atoms with Gasteiger partial charge in [-0.15, -0.1) is 0 Å². The molecule has 0 saturated carbocycles. The summed E-state index contributed by atoms with van der Waals surface area (Å²) in [5, 5.41) is 2.79. The van der Waals surface area contributed by atoms with Crippen LogP contribution in [0.1, 0.15) is 10.4 Å². The van der Waals surface area contributed by atoms with Crippen molar-refractivity contribution in [3.63, 3.8) is 0 Å². The molecular formula is C17H19FN4O. The normalized spacial score (nSPS) is 15.5. The lowest BCUT2D eigenvalue weighted by atomic mass is 10.2. The highest BCUT2D eigenvalue weighted by Gasteiger charge is 2.21. The summed E-state index contributed by atoms with van der Waals surface area (Å²) in [6, 6.07) is 9.23. The number of anilines is 2. The van der Waals surface area contributed by atoms with E-state index >= 15 is 0 Å². The predicted octanol–water partition coefficient (Wildman–Crippen LogP) is 2.22. The Labute approximate surface area is 134 Å². The summed E-state index contributed by atoms with van der Waals surface area (Å²) >= 11 is 0. The number of nitrogens with one attached hydrogen (secondary N) is 1. The van der Waals surface area contributed by atoms with Gasteiger partial charge in [0.1, 0.15) is 11.6 Å². The summed E-state index contributed by atoms with van der Waals surface area (Å²) in [5.41, 5.74) is 1.09. The van der Waals surface area contributed by atoms with Crippen molar-refractivity contribution >= 4 is 17.4 Å². The van der Waals surface area contributed by atoms with Crippen molar-refractivity contribution in [3.8, 4) is 0 Å². The van der Waals surface area contributed by atoms with Crippen molar-refractivity contribution in [2.45, 2.75) is 0 Å². The number of pyridine rings is 1. The Bertz CT molecular complexity index is 681. The highest BCUT2D eigenvalue weighted by atomic mass is 19.1. The average molecular weight is 314 g/mol. The van der Waals surface area contributed by atoms with Crippen molar-refractivity contribution in [3.05, 3.63) is 54.0 Å². The number of halogens is 1. The molecule has 6 heteroatoms. The maximum Gasteiger partial charge on any atom is 0.259 e. The molecule has 5 nitrogen and oxygen atoms in total. The van der Waals surface area contributed by atoms with Gasteiger partial charge in [0, 0.05) is 38.1 Å². The van der Waals surface area contributed by atoms with E-state index < -0.39 is 0 Å². The zero-order chi connectivity index (χ0) is 16.2. The molecule has 1 aliphatic heterocycles. The molecule has 0 unspecified atom stereocenters. The zero-order valence-corrected chi connectivity index (χ0v) is 13.0. The number of carbonyl (C=O) groups excluding carboxylic acids is 1. The molecule has 1 saturated heterocycles. The zero-order valence-electron chi connectivity index (χ0n) is 13.0. The number of piperazine rings is 1. The largest absolute Gasteiger partial charge is 0.353 e. The number of amides is 1. The van der Waals surface area contributed by atoms with E-state index in [9.17, 15) is 9.18 Å². The lowest BCUT2D eigenvalue weighted by Crippen LogP contribution is -2.45. The van der Waals surface area contributed by atoms with Gasteiger partial charge >= 0.3 is 0 Å². The summed E-state index contributed by atoms with van der Waals surface area (Å²) in [4.78, 5) is 21.3. The molecule has 2 heterocycles. The average Bonchev–Trinajstić information content (AvgIpc) is 2.58. The van der Waals surface area contributed by atoms with Gasteiger partial charge in [0.15, 0.2) is 0 Å². The van der Waals surface area contributed by atoms with Gasteiger partial charge in [0.05, 0.1) is 5.56 Å². The Morgan fingerprint density at radius 3 is 2.52 bits per heavy atom. The van der Waals surface area contributed by atoms with E-state index in [1.807, 2.05) is 0 Å². The molecule has 2 aromatic rings. The van der Waals surface area contributed by atoms with Crippen LogP contribution in [0.15, 0.2) is 42.6 Å². The number of benzene rings is 1. The second-order valence-electron chi connectivity index (χ2n) is 5.63. The molecule has 0 aliphatic carbocycles. The number of hydrogen-bond donors (Lipinski definition) is 1. The van der Waals surface area contributed by atoms with Crippen LogP contribution in [0, 0.1) is 5.82 Å². The van der Waals surface area contributed by atoms with Gasteiger partial charge in [-0.25, -0.2) is 9.37 Å². The van der Waals surface area contributed by atoms with Gasteiger partial charge in [0.25, 0.3) is 5.91 Å². The van der Waals surface area contributed by atoms with E-state index in [1.165, 1.54) is 12.1 Å². The summed E-state index contributed by atoms with van der Waals surface area (Å²) in [7, 11) is 2.08. The van der Waals surface area contributed by atoms with Crippen molar-refractivity contribution in [1.29, 1.82) is 0 Å². The third-order valence-corrected chi connectivity index (χ3v) is 3.94. The molecule has 1 aromatic carbocycles. The maximum absolute atomic E-state index is 13.0. The molecule has 1 aromatic heterocycles. The summed E-state index contributed by atoms with van der Waals surface area (Å²) in [5.74, 6) is 0.126. The molecule has 3 rings (SSSR count). The van der Waals surface area contributed by atoms with Gasteiger partial charge in [-0.1, -0.05) is 0 Å². The lowest BCUT2D eigenvalue weighted by molar-refractivity contribution is 0.102. The van der Waals surface area contributed by atoms with Crippen LogP contribution < -0.4 is 10.2 Å². The van der Waals surface area contributed by atoms with E-state index in [2.05, 4.69) is 27.1 Å². The van der Waals surface area contributed by atoms with Gasteiger partial charge in [-0.3, -0.25) is 4.79 Å². The first kappa shape index (κ1) is 15.4. The summed E-state index contributed by atoms with van der Waals surface area (Å²) in [6.07, 6.45) is 1.70. The van der Waals surface area contributed by atoms with Crippen LogP contribution in [0.25, 0.3) is 0 Å². The van der Waals surface area contributed by atoms with E-state index in [4.69, 9.17) is 0 Å². The van der Waals surface area contributed by atoms with Crippen LogP contribution in [-0.4, -0.2) is 49.0 Å². The molecule has 0 bridgehead atoms. The topological polar surface area (TPSA) is 48.5 Å². The third-order valence-electron chi connectivity index (χ3n) is 3.94. The molecule has 1 aliphatic rings. The summed E-state index contributed by atoms with van der Waals surface area (Å²) < 4.78 is 13.0. The number of likely N-dealkylation sites (N-methyl/N-ethyl adjacent to an activating group) is 1. The summed E-state index contributed by atoms with van der Waals surface area (Å²) in [6.45, 7) is 3.56. The first-order chi connectivity index (χ1) is 11.1. The Morgan fingerprint density at radius 2 is 1.83 bits per heavy atom. The first-order valence-electron chi connectivity index (χ1n) is 7.59. The van der Waals surface area contributed by atoms with Crippen LogP contribution in [0.4, 0.5) is 15.9 Å². The minimum absolute atomic E-state index is 0.237. The van der Waals surface area contributed by atoms with Crippen molar-refractivity contribution in [2.75, 3.05) is 43.4 Å². The van der Waals surface area contributed by atoms with Gasteiger partial charge in [-0.05, 0) is 43.4 Å². The van der Waals surface area contributed by atoms with Crippen molar-refractivity contribution in [1.82, 2.24) is 9.88 Å². The Kier molecular flexibility index (Phi) is 4.52. The lowest BCUT2D eigenvalue weighted by Gasteiger charge is -2.34. The number of aromatic nitrogens is 1. The third kappa shape index (κ3) is 3.65. The first-order valence-corrected chi connectivity index (χ1v) is 7.59. The van der Waals surface area contributed by atoms with Crippen molar-refractivity contribution < 1.29 is 9.18 Å². The minimum Gasteiger partial charge on any atom is -0.353 e. The number of hydrogen-bond acceptors (Lipinski definition) is 4. The predicted molar refractivity (Wildman–Crippen MR) is 88.3 cm³/mol. The second-order valence-corrected chi connectivity index (χ2v) is 5.63. The molecule has 120 valence electrons. The Hall–Kier alpha value is -2.47. The van der Waals surface area contributed by atoms with E-state index in [1.54, 1.807) is 30.5 Å². The van der Waals surface area contributed by atoms with Gasteiger partial charge in [-0.2, -0.15) is 0 Å². The molecular weight excluding hydrogens is 295 g/mol. The number of carbonyl (C=O) groups is 1. The highest BCUT2D eigenvalue weighted by molar-refractivity contribution is 6.07. The fraction of sp³-hybridized carbons (Fsp3) is 0.294. The van der Waals surface area contributed by atoms with Crippen LogP contribution in [0.5, 0.6) is 0 Å². The Morgan fingerprint density at radius 1 is 1.13 bits per heavy atom. The van der Waals surface area contributed by atoms with Gasteiger partial charge < -0.3 is 15.1 Å². The SMILES string of the molecule is CN1CCN(c2ncccc2C(=O)Nc2ccc(F)cc2)CC1. The molecule has 0 radical (unpaired) electrons. The monoisotopic (exact) mass is 314 g/mol. The highest BCUT2D eigenvalue weighted by Crippen LogP contribution is 2.20. The van der Waals surface area contributed by atoms with E-state index in [-0.39, 0.29) is 11.7 Å². The molecule has 23 heavy (non-hydrogen) atoms. The van der Waals surface area contributed by atoms with E-state index in [0.717, 1.165) is 26.2 Å². The quantitative estimate of drug-likeness (QED) is 0.944. The number of nitrogens with zero attached hydrogens (tertiary/aromatic N) is 3. The standard InChI is InChI=1S/C17H19FN4O/c1-21-9-11-22(12-10-21)16-15(3-2-8-19-16)17(23)20-14-6-4-13(18)5-7-14/h2-8H,9-12H2,1H3,(H,20,23). The van der Waals surface area contributed by atoms with E-state index in [0.29, 0.717) is 17.1 Å². The smallest absolute Gasteiger partial charge is 0.259 e. The Balaban J connectivity index is 1.79. The van der Waals surface area contributed by atoms with Crippen LogP contribution >= 0.6 is 0 Å². The second kappa shape index (κ2) is 6.75. The number of rotatable bonds is 3. The maximum atomic E-state index is 13.0. The fourth-order valence-electron chi connectivity index (χ4n) is 2.58. The molecule has 0 atom stereocenters.